The van der Waals surface area contributed by atoms with Gasteiger partial charge in [0.05, 0.1) is 23.1 Å². The van der Waals surface area contributed by atoms with Crippen molar-refractivity contribution in [1.82, 2.24) is 14.5 Å². The molecule has 12 heteroatoms. The Kier molecular flexibility index (Phi) is 6.61. The molecule has 196 valence electrons. The van der Waals surface area contributed by atoms with Crippen molar-refractivity contribution in [2.45, 2.75) is 17.6 Å². The molecule has 0 amide bonds. The number of carbonyl (C=O) groups excluding carboxylic acids is 1. The van der Waals surface area contributed by atoms with Crippen LogP contribution in [0.5, 0.6) is 0 Å². The number of hydrogen-bond acceptors (Lipinski definition) is 8. The van der Waals surface area contributed by atoms with Crippen LogP contribution in [0, 0.1) is 12.7 Å². The van der Waals surface area contributed by atoms with Crippen LogP contribution in [-0.2, 0) is 21.1 Å². The van der Waals surface area contributed by atoms with E-state index < -0.39 is 38.4 Å². The minimum Gasteiger partial charge on any atom is -0.358 e. The van der Waals surface area contributed by atoms with E-state index in [4.69, 9.17) is 0 Å². The number of fused-ring (bicyclic) bond motifs is 1. The number of rotatable bonds is 7. The lowest BCUT2D eigenvalue weighted by Gasteiger charge is -2.14. The molecule has 0 saturated carbocycles. The second-order valence-corrected chi connectivity index (χ2v) is 12.6. The predicted octanol–water partition coefficient (Wildman–Crippen LogP) is 2.47. The van der Waals surface area contributed by atoms with Crippen molar-refractivity contribution in [3.8, 4) is 5.69 Å². The number of halogens is 1. The summed E-state index contributed by atoms with van der Waals surface area (Å²) in [5, 5.41) is 0.197. The molecule has 1 N–H and O–H groups in total. The van der Waals surface area contributed by atoms with Gasteiger partial charge in [0.25, 0.3) is 5.56 Å². The van der Waals surface area contributed by atoms with Gasteiger partial charge in [-0.25, -0.2) is 22.2 Å². The third-order valence-electron chi connectivity index (χ3n) is 6.24. The van der Waals surface area contributed by atoms with Gasteiger partial charge in [0.2, 0.25) is 0 Å². The molecule has 2 aromatic heterocycles. The van der Waals surface area contributed by atoms with Gasteiger partial charge in [0.1, 0.15) is 21.6 Å². The maximum atomic E-state index is 15.1. The first-order valence-corrected chi connectivity index (χ1v) is 14.1. The second kappa shape index (κ2) is 9.76. The topological polar surface area (TPSA) is 122 Å². The van der Waals surface area contributed by atoms with Crippen molar-refractivity contribution in [3.63, 3.8) is 0 Å². The van der Waals surface area contributed by atoms with Crippen LogP contribution >= 0.6 is 11.3 Å². The normalized spacial score (nSPS) is 13.8. The molecule has 38 heavy (non-hydrogen) atoms. The van der Waals surface area contributed by atoms with Gasteiger partial charge >= 0.3 is 5.69 Å². The average molecular weight is 555 g/mol. The van der Waals surface area contributed by atoms with Crippen molar-refractivity contribution in [2.24, 2.45) is 4.99 Å². The first kappa shape index (κ1) is 25.7. The fraction of sp³-hybridized carbons (Fsp3) is 0.231. The van der Waals surface area contributed by atoms with Crippen LogP contribution in [0.4, 0.5) is 4.39 Å². The van der Waals surface area contributed by atoms with Crippen LogP contribution in [0.3, 0.4) is 0 Å². The van der Waals surface area contributed by atoms with Gasteiger partial charge in [0, 0.05) is 30.5 Å². The van der Waals surface area contributed by atoms with E-state index in [1.54, 1.807) is 31.2 Å². The summed E-state index contributed by atoms with van der Waals surface area (Å²) in [5.74, 6) is -1.44. The molecule has 0 atom stereocenters. The minimum atomic E-state index is -3.79. The van der Waals surface area contributed by atoms with Crippen LogP contribution in [0.15, 0.2) is 67.3 Å². The highest BCUT2D eigenvalue weighted by Crippen LogP contribution is 2.23. The van der Waals surface area contributed by atoms with E-state index in [0.29, 0.717) is 16.6 Å². The number of hydrogen-bond donors (Lipinski definition) is 1. The number of nitrogens with one attached hydrogen (secondary N) is 1. The molecular formula is C26H23FN4O5S2. The predicted molar refractivity (Wildman–Crippen MR) is 144 cm³/mol. The van der Waals surface area contributed by atoms with Gasteiger partial charge in [-0.2, -0.15) is 0 Å². The Labute approximate surface area is 220 Å². The lowest BCUT2D eigenvalue weighted by Crippen LogP contribution is -2.34. The molecule has 0 spiro atoms. The second-order valence-electron chi connectivity index (χ2n) is 9.08. The lowest BCUT2D eigenvalue weighted by atomic mass is 10.1. The first-order valence-electron chi connectivity index (χ1n) is 11.7. The summed E-state index contributed by atoms with van der Waals surface area (Å²) in [6.07, 6.45) is -0.315. The maximum Gasteiger partial charge on any atom is 0.333 e. The minimum absolute atomic E-state index is 0.107. The Bertz CT molecular complexity index is 1850. The van der Waals surface area contributed by atoms with Crippen LogP contribution in [0.2, 0.25) is 0 Å². The molecule has 0 fully saturated rings. The monoisotopic (exact) mass is 554 g/mol. The van der Waals surface area contributed by atoms with E-state index in [1.165, 1.54) is 18.2 Å². The molecule has 2 aromatic carbocycles. The number of aliphatic imine (C=N–C) groups is 1. The molecular weight excluding hydrogens is 531 g/mol. The van der Waals surface area contributed by atoms with E-state index in [1.807, 2.05) is 11.9 Å². The molecule has 0 radical (unpaired) electrons. The molecule has 0 unspecified atom stereocenters. The van der Waals surface area contributed by atoms with Gasteiger partial charge < -0.3 is 9.88 Å². The highest BCUT2D eigenvalue weighted by atomic mass is 32.2. The van der Waals surface area contributed by atoms with Gasteiger partial charge in [-0.05, 0) is 48.9 Å². The smallest absolute Gasteiger partial charge is 0.333 e. The van der Waals surface area contributed by atoms with Crippen molar-refractivity contribution >= 4 is 43.7 Å². The average Bonchev–Trinajstić information content (AvgIpc) is 3.48. The number of Topliss-reactive ketones (excluding diaryl/α,β-unsaturated/α-hetero) is 1. The molecule has 0 saturated heterocycles. The van der Waals surface area contributed by atoms with Crippen molar-refractivity contribution < 1.29 is 17.6 Å². The van der Waals surface area contributed by atoms with Crippen LogP contribution in [-0.4, -0.2) is 60.4 Å². The molecule has 9 nitrogen and oxygen atoms in total. The van der Waals surface area contributed by atoms with Crippen molar-refractivity contribution in [2.75, 3.05) is 25.9 Å². The number of nitrogens with zero attached hydrogens (tertiary/aromatic N) is 3. The van der Waals surface area contributed by atoms with Crippen LogP contribution in [0.25, 0.3) is 16.6 Å². The number of amidine groups is 1. The van der Waals surface area contributed by atoms with Gasteiger partial charge in [-0.3, -0.25) is 14.6 Å². The quantitative estimate of drug-likeness (QED) is 0.375. The molecule has 0 bridgehead atoms. The number of likely N-dealkylation sites (N-methyl/N-ethyl adjacent to an activating group) is 1. The fourth-order valence-electron chi connectivity index (χ4n) is 4.40. The zero-order valence-electron chi connectivity index (χ0n) is 20.5. The zero-order valence-corrected chi connectivity index (χ0v) is 22.2. The number of H-pyrrole nitrogens is 1. The third-order valence-corrected chi connectivity index (χ3v) is 9.50. The van der Waals surface area contributed by atoms with Gasteiger partial charge in [-0.1, -0.05) is 12.1 Å². The largest absolute Gasteiger partial charge is 0.358 e. The van der Waals surface area contributed by atoms with Crippen LogP contribution in [0.1, 0.15) is 16.0 Å². The number of aryl methyl sites for hydroxylation is 1. The van der Waals surface area contributed by atoms with Crippen molar-refractivity contribution in [3.05, 3.63) is 91.2 Å². The van der Waals surface area contributed by atoms with E-state index in [2.05, 4.69) is 9.98 Å². The summed E-state index contributed by atoms with van der Waals surface area (Å²) < 4.78 is 40.9. The Hall–Kier alpha value is -3.90. The van der Waals surface area contributed by atoms with Crippen molar-refractivity contribution in [1.29, 1.82) is 0 Å². The van der Waals surface area contributed by atoms with Crippen LogP contribution < -0.4 is 11.2 Å². The van der Waals surface area contributed by atoms with Gasteiger partial charge in [0.15, 0.2) is 15.6 Å². The van der Waals surface area contributed by atoms with E-state index >= 15 is 4.39 Å². The number of thiophene rings is 1. The van der Waals surface area contributed by atoms with E-state index in [0.717, 1.165) is 40.2 Å². The summed E-state index contributed by atoms with van der Waals surface area (Å²) in [4.78, 5) is 48.3. The number of ketones is 1. The number of carbonyl (C=O) groups is 1. The number of aromatic amines is 1. The Morgan fingerprint density at radius 3 is 2.58 bits per heavy atom. The summed E-state index contributed by atoms with van der Waals surface area (Å²) in [5.41, 5.74) is -0.507. The molecule has 1 aliphatic rings. The SMILES string of the molecule is Cc1ccc(S(=O)(=O)CC(=O)Cc2ccc(-n3c(=O)[nH]c4cc(C5=NCCN5C)ccc4c3=O)c(F)c2)s1. The molecule has 1 aliphatic heterocycles. The van der Waals surface area contributed by atoms with Gasteiger partial charge in [-0.15, -0.1) is 11.3 Å². The molecule has 4 aromatic rings. The Morgan fingerprint density at radius 1 is 1.13 bits per heavy atom. The van der Waals surface area contributed by atoms with E-state index in [-0.39, 0.29) is 27.3 Å². The zero-order chi connectivity index (χ0) is 27.2. The third kappa shape index (κ3) is 4.84. The van der Waals surface area contributed by atoms with E-state index in [9.17, 15) is 22.8 Å². The summed E-state index contributed by atoms with van der Waals surface area (Å²) in [7, 11) is -1.89. The number of aromatic nitrogens is 2. The summed E-state index contributed by atoms with van der Waals surface area (Å²) in [6, 6.07) is 11.7. The molecule has 3 heterocycles. The Balaban J connectivity index is 1.42. The Morgan fingerprint density at radius 2 is 1.92 bits per heavy atom. The highest BCUT2D eigenvalue weighted by Gasteiger charge is 2.22. The summed E-state index contributed by atoms with van der Waals surface area (Å²) >= 11 is 1.08. The number of benzene rings is 2. The standard InChI is InChI=1S/C26H23FN4O5S2/c1-15-3-8-23(37-15)38(35,36)14-18(32)11-16-4-7-22(20(27)12-16)31-25(33)19-6-5-17(13-21(19)29-26(31)34)24-28-9-10-30(24)2/h3-8,12-13H,9-11,14H2,1-2H3,(H,29,34). The molecule has 5 rings (SSSR count). The highest BCUT2D eigenvalue weighted by molar-refractivity contribution is 7.94. The number of sulfone groups is 1. The first-order chi connectivity index (χ1) is 18.0. The molecule has 0 aliphatic carbocycles. The fourth-order valence-corrected chi connectivity index (χ4v) is 7.01. The lowest BCUT2D eigenvalue weighted by molar-refractivity contribution is -0.116. The maximum absolute atomic E-state index is 15.1. The summed E-state index contributed by atoms with van der Waals surface area (Å²) in [6.45, 7) is 3.20.